The minimum absolute atomic E-state index is 0. The van der Waals surface area contributed by atoms with Crippen LogP contribution in [0.3, 0.4) is 0 Å². The minimum atomic E-state index is -0.156. The molecule has 2 saturated heterocycles. The standard InChI is InChI=1S/2C11H10N2O3.H2O/c2*14-13-8-4-12-2-1-6(8)7-3-10-15-5-9(16-10)11(7)13;/h2*1-2,4,9-10,14H,3,5H2;1H2/t2*9-,10-;/m11./s1. The molecule has 0 amide bonds. The second-order valence-corrected chi connectivity index (χ2v) is 8.32. The number of rotatable bonds is 0. The SMILES string of the molecule is O.On1c2c(c3ccncc31)C[C@@H]1OC[C@H]2O1.On1c2c(c3ccncc31)C[C@@H]1OC[C@H]2O1. The maximum atomic E-state index is 10.1. The van der Waals surface area contributed by atoms with Crippen LogP contribution >= 0.6 is 0 Å². The number of aromatic nitrogens is 4. The summed E-state index contributed by atoms with van der Waals surface area (Å²) in [4.78, 5) is 8.05. The second-order valence-electron chi connectivity index (χ2n) is 8.32. The van der Waals surface area contributed by atoms with E-state index < -0.39 is 0 Å². The van der Waals surface area contributed by atoms with Crippen molar-refractivity contribution >= 4 is 21.8 Å². The second kappa shape index (κ2) is 7.40. The van der Waals surface area contributed by atoms with E-state index in [9.17, 15) is 10.4 Å². The average Bonchev–Trinajstić information content (AvgIpc) is 3.55. The molecule has 0 radical (unpaired) electrons. The number of nitrogens with zero attached hydrogens (tertiary/aromatic N) is 4. The van der Waals surface area contributed by atoms with Crippen LogP contribution in [0, 0.1) is 0 Å². The van der Waals surface area contributed by atoms with Crippen LogP contribution in [0.4, 0.5) is 0 Å². The van der Waals surface area contributed by atoms with Gasteiger partial charge in [-0.25, -0.2) is 0 Å². The summed E-state index contributed by atoms with van der Waals surface area (Å²) in [7, 11) is 0. The molecule has 4 aliphatic rings. The van der Waals surface area contributed by atoms with Gasteiger partial charge in [-0.1, -0.05) is 0 Å². The maximum absolute atomic E-state index is 10.1. The predicted octanol–water partition coefficient (Wildman–Crippen LogP) is 1.66. The Morgan fingerprint density at radius 1 is 0.758 bits per heavy atom. The van der Waals surface area contributed by atoms with Crippen LogP contribution in [-0.4, -0.2) is 61.1 Å². The molecule has 4 bridgehead atoms. The largest absolute Gasteiger partial charge is 0.428 e. The lowest BCUT2D eigenvalue weighted by Crippen LogP contribution is -2.19. The van der Waals surface area contributed by atoms with Crippen LogP contribution in [0.25, 0.3) is 21.8 Å². The number of ether oxygens (including phenoxy) is 4. The molecular weight excluding hydrogens is 432 g/mol. The first-order valence-corrected chi connectivity index (χ1v) is 10.6. The van der Waals surface area contributed by atoms with Gasteiger partial charge in [0.1, 0.15) is 23.2 Å². The Morgan fingerprint density at radius 2 is 1.21 bits per heavy atom. The molecule has 4 atom stereocenters. The lowest BCUT2D eigenvalue weighted by atomic mass is 10.0. The molecule has 11 nitrogen and oxygen atoms in total. The Labute approximate surface area is 186 Å². The topological polar surface area (TPSA) is 145 Å². The highest BCUT2D eigenvalue weighted by Crippen LogP contribution is 2.41. The number of hydrogen-bond acceptors (Lipinski definition) is 8. The fourth-order valence-electron chi connectivity index (χ4n) is 5.25. The fraction of sp³-hybridized carbons (Fsp3) is 0.364. The van der Waals surface area contributed by atoms with Crippen LogP contribution in [0.1, 0.15) is 34.7 Å². The Balaban J connectivity index is 0.000000121. The molecule has 33 heavy (non-hydrogen) atoms. The third-order valence-electron chi connectivity index (χ3n) is 6.63. The summed E-state index contributed by atoms with van der Waals surface area (Å²) in [5, 5.41) is 22.3. The summed E-state index contributed by atoms with van der Waals surface area (Å²) in [6.07, 6.45) is 7.59. The summed E-state index contributed by atoms with van der Waals surface area (Å²) >= 11 is 0. The molecule has 8 heterocycles. The predicted molar refractivity (Wildman–Crippen MR) is 112 cm³/mol. The van der Waals surface area contributed by atoms with Gasteiger partial charge in [-0.05, 0) is 23.3 Å². The number of fused-ring (bicyclic) bond motifs is 12. The molecule has 0 unspecified atom stereocenters. The smallest absolute Gasteiger partial charge is 0.162 e. The lowest BCUT2D eigenvalue weighted by molar-refractivity contribution is -0.0679. The van der Waals surface area contributed by atoms with Gasteiger partial charge in [0.05, 0.1) is 37.0 Å². The molecule has 0 spiro atoms. The molecule has 4 N–H and O–H groups in total. The summed E-state index contributed by atoms with van der Waals surface area (Å²) in [6, 6.07) is 3.84. The first kappa shape index (κ1) is 20.4. The van der Waals surface area contributed by atoms with Gasteiger partial charge in [-0.2, -0.15) is 9.46 Å². The normalized spacial score (nSPS) is 26.4. The highest BCUT2D eigenvalue weighted by atomic mass is 16.7. The van der Waals surface area contributed by atoms with E-state index in [0.29, 0.717) is 26.1 Å². The van der Waals surface area contributed by atoms with Gasteiger partial charge in [0.15, 0.2) is 12.6 Å². The lowest BCUT2D eigenvalue weighted by Gasteiger charge is -2.19. The van der Waals surface area contributed by atoms with Crippen molar-refractivity contribution in [1.29, 1.82) is 0 Å². The van der Waals surface area contributed by atoms with Crippen molar-refractivity contribution in [3.63, 3.8) is 0 Å². The van der Waals surface area contributed by atoms with E-state index >= 15 is 0 Å². The Bertz CT molecular complexity index is 1260. The van der Waals surface area contributed by atoms with Gasteiger partial charge in [0.25, 0.3) is 0 Å². The van der Waals surface area contributed by atoms with E-state index in [-0.39, 0.29) is 30.3 Å². The highest BCUT2D eigenvalue weighted by Gasteiger charge is 2.40. The third kappa shape index (κ3) is 2.87. The molecule has 8 rings (SSSR count). The highest BCUT2D eigenvalue weighted by molar-refractivity contribution is 5.85. The van der Waals surface area contributed by atoms with Crippen LogP contribution in [0.2, 0.25) is 0 Å². The zero-order valence-electron chi connectivity index (χ0n) is 17.4. The molecule has 172 valence electrons. The van der Waals surface area contributed by atoms with Crippen molar-refractivity contribution in [2.24, 2.45) is 0 Å². The van der Waals surface area contributed by atoms with Gasteiger partial charge >= 0.3 is 0 Å². The fourth-order valence-corrected chi connectivity index (χ4v) is 5.25. The minimum Gasteiger partial charge on any atom is -0.428 e. The summed E-state index contributed by atoms with van der Waals surface area (Å²) in [5.74, 6) is 0. The Hall–Kier alpha value is -3.22. The molecule has 0 saturated carbocycles. The van der Waals surface area contributed by atoms with E-state index in [0.717, 1.165) is 44.3 Å². The average molecular weight is 454 g/mol. The molecule has 4 aromatic rings. The summed E-state index contributed by atoms with van der Waals surface area (Å²) in [5.41, 5.74) is 5.36. The zero-order chi connectivity index (χ0) is 21.4. The number of hydrogen-bond donors (Lipinski definition) is 2. The van der Waals surface area contributed by atoms with Gasteiger partial charge in [-0.3, -0.25) is 9.97 Å². The van der Waals surface area contributed by atoms with E-state index in [1.807, 2.05) is 12.1 Å². The van der Waals surface area contributed by atoms with Crippen molar-refractivity contribution in [2.75, 3.05) is 13.2 Å². The van der Waals surface area contributed by atoms with Crippen LogP contribution < -0.4 is 0 Å². The van der Waals surface area contributed by atoms with Crippen molar-refractivity contribution in [3.8, 4) is 0 Å². The van der Waals surface area contributed by atoms with E-state index in [1.54, 1.807) is 24.8 Å². The van der Waals surface area contributed by atoms with Crippen LogP contribution in [0.5, 0.6) is 0 Å². The van der Waals surface area contributed by atoms with Crippen LogP contribution in [-0.2, 0) is 31.8 Å². The quantitative estimate of drug-likeness (QED) is 0.382. The molecule has 2 fully saturated rings. The van der Waals surface area contributed by atoms with Crippen molar-refractivity contribution < 1.29 is 34.8 Å². The van der Waals surface area contributed by atoms with Gasteiger partial charge in [0, 0.05) is 36.0 Å². The summed E-state index contributed by atoms with van der Waals surface area (Å²) < 4.78 is 24.5. The monoisotopic (exact) mass is 454 g/mol. The van der Waals surface area contributed by atoms with Crippen molar-refractivity contribution in [3.05, 3.63) is 59.4 Å². The Morgan fingerprint density at radius 3 is 1.67 bits per heavy atom. The summed E-state index contributed by atoms with van der Waals surface area (Å²) in [6.45, 7) is 1.03. The van der Waals surface area contributed by atoms with Gasteiger partial charge < -0.3 is 34.8 Å². The van der Waals surface area contributed by atoms with Gasteiger partial charge in [0.2, 0.25) is 0 Å². The van der Waals surface area contributed by atoms with Crippen molar-refractivity contribution in [1.82, 2.24) is 19.4 Å². The maximum Gasteiger partial charge on any atom is 0.162 e. The number of pyridine rings is 2. The molecule has 11 heteroatoms. The van der Waals surface area contributed by atoms with E-state index in [2.05, 4.69) is 9.97 Å². The first-order chi connectivity index (χ1) is 15.7. The molecule has 0 aliphatic carbocycles. The Kier molecular flexibility index (Phi) is 4.57. The van der Waals surface area contributed by atoms with Crippen molar-refractivity contribution in [2.45, 2.75) is 37.6 Å². The first-order valence-electron chi connectivity index (χ1n) is 10.6. The third-order valence-corrected chi connectivity index (χ3v) is 6.63. The van der Waals surface area contributed by atoms with Gasteiger partial charge in [-0.15, -0.1) is 0 Å². The zero-order valence-corrected chi connectivity index (χ0v) is 17.4. The molecule has 0 aromatic carbocycles. The van der Waals surface area contributed by atoms with E-state index in [4.69, 9.17) is 18.9 Å². The molecule has 4 aromatic heterocycles. The van der Waals surface area contributed by atoms with Crippen LogP contribution in [0.15, 0.2) is 36.9 Å². The molecular formula is C22H22N4O7. The van der Waals surface area contributed by atoms with E-state index in [1.165, 1.54) is 9.46 Å². The molecule has 4 aliphatic heterocycles.